The number of hydrogen-bond acceptors (Lipinski definition) is 3. The lowest BCUT2D eigenvalue weighted by Gasteiger charge is -2.08. The summed E-state index contributed by atoms with van der Waals surface area (Å²) in [5, 5.41) is 2.26. The monoisotopic (exact) mass is 323 g/mol. The Hall–Kier alpha value is -1.22. The normalized spacial score (nSPS) is 11.3. The number of hydrogen-bond donors (Lipinski definition) is 3. The van der Waals surface area contributed by atoms with E-state index in [1.807, 2.05) is 6.92 Å². The number of benzene rings is 1. The van der Waals surface area contributed by atoms with E-state index in [0.717, 1.165) is 6.07 Å². The summed E-state index contributed by atoms with van der Waals surface area (Å²) in [5.41, 5.74) is 0.280. The van der Waals surface area contributed by atoms with Crippen LogP contribution in [0.5, 0.6) is 0 Å². The van der Waals surface area contributed by atoms with Gasteiger partial charge in [-0.2, -0.15) is 13.1 Å². The standard InChI is InChI=1S/C11H15ClFN3O3S/c1-2-5-14-20(18,19)15-7-11(17)16-8-3-4-10(13)9(12)6-8/h3-4,6,14-15H,2,5,7H2,1H3,(H,16,17). The zero-order chi connectivity index (χ0) is 15.2. The predicted octanol–water partition coefficient (Wildman–Crippen LogP) is 1.25. The third-order valence-corrected chi connectivity index (χ3v) is 3.57. The average molecular weight is 324 g/mol. The van der Waals surface area contributed by atoms with E-state index in [2.05, 4.69) is 14.8 Å². The van der Waals surface area contributed by atoms with Crippen molar-refractivity contribution in [2.45, 2.75) is 13.3 Å². The number of amides is 1. The molecule has 0 saturated carbocycles. The van der Waals surface area contributed by atoms with Crippen LogP contribution in [-0.2, 0) is 15.0 Å². The predicted molar refractivity (Wildman–Crippen MR) is 75.3 cm³/mol. The smallest absolute Gasteiger partial charge is 0.277 e. The van der Waals surface area contributed by atoms with Gasteiger partial charge in [-0.05, 0) is 24.6 Å². The van der Waals surface area contributed by atoms with Crippen molar-refractivity contribution in [1.82, 2.24) is 9.44 Å². The van der Waals surface area contributed by atoms with Gasteiger partial charge in [0.1, 0.15) is 5.82 Å². The van der Waals surface area contributed by atoms with Crippen LogP contribution in [0.3, 0.4) is 0 Å². The Labute approximate surface area is 121 Å². The molecular weight excluding hydrogens is 309 g/mol. The average Bonchev–Trinajstić information content (AvgIpc) is 2.39. The van der Waals surface area contributed by atoms with E-state index in [9.17, 15) is 17.6 Å². The van der Waals surface area contributed by atoms with E-state index in [1.54, 1.807) is 0 Å². The van der Waals surface area contributed by atoms with E-state index in [-0.39, 0.29) is 17.3 Å². The minimum Gasteiger partial charge on any atom is -0.325 e. The minimum atomic E-state index is -3.69. The first-order valence-electron chi connectivity index (χ1n) is 5.83. The molecule has 1 amide bonds. The molecule has 0 aliphatic carbocycles. The first-order chi connectivity index (χ1) is 9.34. The Kier molecular flexibility index (Phi) is 6.34. The zero-order valence-corrected chi connectivity index (χ0v) is 12.3. The van der Waals surface area contributed by atoms with Crippen molar-refractivity contribution in [2.75, 3.05) is 18.4 Å². The van der Waals surface area contributed by atoms with Crippen LogP contribution < -0.4 is 14.8 Å². The molecule has 1 rings (SSSR count). The van der Waals surface area contributed by atoms with Gasteiger partial charge >= 0.3 is 0 Å². The molecule has 0 atom stereocenters. The highest BCUT2D eigenvalue weighted by Crippen LogP contribution is 2.19. The second-order valence-electron chi connectivity index (χ2n) is 3.90. The van der Waals surface area contributed by atoms with Crippen LogP contribution in [0.15, 0.2) is 18.2 Å². The van der Waals surface area contributed by atoms with Crippen LogP contribution in [0.4, 0.5) is 10.1 Å². The summed E-state index contributed by atoms with van der Waals surface area (Å²) in [6.07, 6.45) is 0.640. The molecule has 0 spiro atoms. The van der Waals surface area contributed by atoms with Gasteiger partial charge in [0.25, 0.3) is 10.2 Å². The molecule has 112 valence electrons. The maximum Gasteiger partial charge on any atom is 0.277 e. The Bertz CT molecular complexity index is 580. The number of anilines is 1. The Morgan fingerprint density at radius 3 is 2.65 bits per heavy atom. The van der Waals surface area contributed by atoms with Crippen molar-refractivity contribution in [3.8, 4) is 0 Å². The van der Waals surface area contributed by atoms with Gasteiger partial charge in [-0.25, -0.2) is 9.11 Å². The van der Waals surface area contributed by atoms with Gasteiger partial charge in [-0.15, -0.1) is 0 Å². The van der Waals surface area contributed by atoms with Crippen LogP contribution in [0.1, 0.15) is 13.3 Å². The molecule has 1 aromatic rings. The summed E-state index contributed by atoms with van der Waals surface area (Å²) in [7, 11) is -3.69. The van der Waals surface area contributed by atoms with Crippen molar-refractivity contribution in [2.24, 2.45) is 0 Å². The lowest BCUT2D eigenvalue weighted by Crippen LogP contribution is -2.40. The number of nitrogens with one attached hydrogen (secondary N) is 3. The Balaban J connectivity index is 2.49. The fourth-order valence-corrected chi connectivity index (χ4v) is 2.30. The molecule has 3 N–H and O–H groups in total. The summed E-state index contributed by atoms with van der Waals surface area (Å²) < 4.78 is 40.0. The van der Waals surface area contributed by atoms with Crippen molar-refractivity contribution in [3.05, 3.63) is 29.0 Å². The van der Waals surface area contributed by atoms with Gasteiger partial charge < -0.3 is 5.32 Å². The van der Waals surface area contributed by atoms with E-state index in [4.69, 9.17) is 11.6 Å². The maximum atomic E-state index is 12.9. The topological polar surface area (TPSA) is 87.3 Å². The van der Waals surface area contributed by atoms with Crippen molar-refractivity contribution in [3.63, 3.8) is 0 Å². The molecule has 0 saturated heterocycles. The molecule has 0 aromatic heterocycles. The van der Waals surface area contributed by atoms with Gasteiger partial charge in [0.2, 0.25) is 5.91 Å². The highest BCUT2D eigenvalue weighted by molar-refractivity contribution is 7.87. The van der Waals surface area contributed by atoms with Gasteiger partial charge in [0, 0.05) is 12.2 Å². The van der Waals surface area contributed by atoms with Crippen LogP contribution in [0.25, 0.3) is 0 Å². The fourth-order valence-electron chi connectivity index (χ4n) is 1.23. The van der Waals surface area contributed by atoms with Crippen molar-refractivity contribution in [1.29, 1.82) is 0 Å². The molecular formula is C11H15ClFN3O3S. The number of carbonyl (C=O) groups excluding carboxylic acids is 1. The largest absolute Gasteiger partial charge is 0.325 e. The van der Waals surface area contributed by atoms with Gasteiger partial charge in [0.05, 0.1) is 11.6 Å². The molecule has 0 fully saturated rings. The molecule has 0 heterocycles. The third-order valence-electron chi connectivity index (χ3n) is 2.17. The molecule has 1 aromatic carbocycles. The van der Waals surface area contributed by atoms with Crippen LogP contribution >= 0.6 is 11.6 Å². The lowest BCUT2D eigenvalue weighted by atomic mass is 10.3. The quantitative estimate of drug-likeness (QED) is 0.705. The molecule has 9 heteroatoms. The number of halogens is 2. The Morgan fingerprint density at radius 2 is 2.05 bits per heavy atom. The molecule has 0 aliphatic heterocycles. The number of carbonyl (C=O) groups is 1. The van der Waals surface area contributed by atoms with E-state index in [0.29, 0.717) is 6.42 Å². The molecule has 0 unspecified atom stereocenters. The second kappa shape index (κ2) is 7.53. The Morgan fingerprint density at radius 1 is 1.35 bits per heavy atom. The number of rotatable bonds is 7. The highest BCUT2D eigenvalue weighted by Gasteiger charge is 2.11. The maximum absolute atomic E-state index is 12.9. The molecule has 0 aliphatic rings. The third kappa shape index (κ3) is 5.83. The molecule has 0 bridgehead atoms. The molecule has 0 radical (unpaired) electrons. The van der Waals surface area contributed by atoms with Crippen LogP contribution in [0, 0.1) is 5.82 Å². The summed E-state index contributed by atoms with van der Waals surface area (Å²) in [6, 6.07) is 3.66. The summed E-state index contributed by atoms with van der Waals surface area (Å²) in [6.45, 7) is 1.66. The van der Waals surface area contributed by atoms with E-state index < -0.39 is 28.5 Å². The summed E-state index contributed by atoms with van der Waals surface area (Å²) in [5.74, 6) is -1.19. The van der Waals surface area contributed by atoms with Crippen LogP contribution in [-0.4, -0.2) is 27.4 Å². The molecule has 6 nitrogen and oxygen atoms in total. The summed E-state index contributed by atoms with van der Waals surface area (Å²) >= 11 is 5.56. The fraction of sp³-hybridized carbons (Fsp3) is 0.364. The van der Waals surface area contributed by atoms with Crippen molar-refractivity contribution < 1.29 is 17.6 Å². The van der Waals surface area contributed by atoms with Gasteiger partial charge in [-0.1, -0.05) is 18.5 Å². The van der Waals surface area contributed by atoms with E-state index in [1.165, 1.54) is 12.1 Å². The zero-order valence-electron chi connectivity index (χ0n) is 10.7. The SMILES string of the molecule is CCCNS(=O)(=O)NCC(=O)Nc1ccc(F)c(Cl)c1. The van der Waals surface area contributed by atoms with Gasteiger partial charge in [-0.3, -0.25) is 4.79 Å². The first-order valence-corrected chi connectivity index (χ1v) is 7.69. The minimum absolute atomic E-state index is 0.131. The van der Waals surface area contributed by atoms with Crippen molar-refractivity contribution >= 4 is 33.4 Å². The lowest BCUT2D eigenvalue weighted by molar-refractivity contribution is -0.115. The van der Waals surface area contributed by atoms with E-state index >= 15 is 0 Å². The van der Waals surface area contributed by atoms with Crippen LogP contribution in [0.2, 0.25) is 5.02 Å². The highest BCUT2D eigenvalue weighted by atomic mass is 35.5. The van der Waals surface area contributed by atoms with Gasteiger partial charge in [0.15, 0.2) is 0 Å². The summed E-state index contributed by atoms with van der Waals surface area (Å²) in [4.78, 5) is 11.5. The second-order valence-corrected chi connectivity index (χ2v) is 5.89. The first kappa shape index (κ1) is 16.8. The molecule has 20 heavy (non-hydrogen) atoms.